The van der Waals surface area contributed by atoms with E-state index >= 15 is 0 Å². The fraction of sp³-hybridized carbons (Fsp3) is 0.700. The Labute approximate surface area is 280 Å². The van der Waals surface area contributed by atoms with Crippen LogP contribution in [-0.2, 0) is 19.1 Å². The van der Waals surface area contributed by atoms with Gasteiger partial charge < -0.3 is 24.8 Å². The Kier molecular flexibility index (Phi) is 8.46. The van der Waals surface area contributed by atoms with Gasteiger partial charge in [-0.05, 0) is 141 Å². The predicted octanol–water partition coefficient (Wildman–Crippen LogP) is 7.83. The fourth-order valence-electron chi connectivity index (χ4n) is 12.9. The first-order valence-electron chi connectivity index (χ1n) is 17.9. The number of hydrogen-bond donors (Lipinski definition) is 3. The molecule has 5 fully saturated rings. The topological polar surface area (TPSA) is 113 Å². The molecule has 1 aromatic carbocycles. The highest BCUT2D eigenvalue weighted by Gasteiger charge is 2.73. The lowest BCUT2D eigenvalue weighted by Gasteiger charge is -2.73. The van der Waals surface area contributed by atoms with E-state index in [1.165, 1.54) is 25.3 Å². The average molecular weight is 649 g/mol. The van der Waals surface area contributed by atoms with Gasteiger partial charge >= 0.3 is 11.9 Å². The van der Waals surface area contributed by atoms with Crippen LogP contribution in [0.2, 0.25) is 0 Å². The maximum Gasteiger partial charge on any atom is 0.330 e. The minimum Gasteiger partial charge on any atom is -0.504 e. The van der Waals surface area contributed by atoms with E-state index < -0.39 is 11.4 Å². The number of methoxy groups -OCH3 is 1. The van der Waals surface area contributed by atoms with E-state index in [4.69, 9.17) is 9.47 Å². The molecule has 0 bridgehead atoms. The van der Waals surface area contributed by atoms with Crippen LogP contribution < -0.4 is 0 Å². The molecular formula is C40H56O7. The lowest BCUT2D eigenvalue weighted by atomic mass is 9.32. The zero-order valence-electron chi connectivity index (χ0n) is 29.3. The molecule has 0 spiro atoms. The van der Waals surface area contributed by atoms with E-state index in [1.807, 2.05) is 0 Å². The van der Waals surface area contributed by atoms with Crippen LogP contribution in [0.4, 0.5) is 0 Å². The summed E-state index contributed by atoms with van der Waals surface area (Å²) in [6.45, 7) is 16.3. The number of carbonyl (C=O) groups is 2. The number of esters is 2. The van der Waals surface area contributed by atoms with E-state index in [1.54, 1.807) is 12.1 Å². The number of hydrogen-bond acceptors (Lipinski definition) is 7. The summed E-state index contributed by atoms with van der Waals surface area (Å²) in [6.07, 6.45) is 11.8. The third-order valence-electron chi connectivity index (χ3n) is 15.2. The number of rotatable bonds is 6. The zero-order valence-corrected chi connectivity index (χ0v) is 29.3. The molecule has 0 aliphatic heterocycles. The number of benzene rings is 1. The normalized spacial score (nSPS) is 42.0. The molecule has 1 aromatic rings. The average Bonchev–Trinajstić information content (AvgIpc) is 3.43. The highest BCUT2D eigenvalue weighted by Crippen LogP contribution is 2.77. The van der Waals surface area contributed by atoms with Crippen molar-refractivity contribution in [2.24, 2.45) is 56.7 Å². The van der Waals surface area contributed by atoms with E-state index in [9.17, 15) is 24.9 Å². The number of phenols is 2. The second kappa shape index (κ2) is 11.7. The van der Waals surface area contributed by atoms with Gasteiger partial charge in [-0.3, -0.25) is 4.79 Å². The Morgan fingerprint density at radius 3 is 2.36 bits per heavy atom. The number of phenolic OH excluding ortho intramolecular Hbond substituents is 2. The van der Waals surface area contributed by atoms with E-state index in [0.29, 0.717) is 17.4 Å². The molecule has 5 aliphatic rings. The van der Waals surface area contributed by atoms with Gasteiger partial charge in [-0.15, -0.1) is 0 Å². The third kappa shape index (κ3) is 4.91. The first-order valence-corrected chi connectivity index (χ1v) is 17.9. The number of ether oxygens (including phenoxy) is 2. The van der Waals surface area contributed by atoms with Crippen LogP contribution in [0.25, 0.3) is 6.08 Å². The summed E-state index contributed by atoms with van der Waals surface area (Å²) in [7, 11) is 1.52. The highest BCUT2D eigenvalue weighted by atomic mass is 16.5. The Morgan fingerprint density at radius 1 is 0.936 bits per heavy atom. The summed E-state index contributed by atoms with van der Waals surface area (Å²) in [4.78, 5) is 27.2. The molecule has 47 heavy (non-hydrogen) atoms. The number of allylic oxidation sites excluding steroid dienone is 1. The quantitative estimate of drug-likeness (QED) is 0.125. The predicted molar refractivity (Wildman–Crippen MR) is 181 cm³/mol. The molecule has 0 saturated heterocycles. The fourth-order valence-corrected chi connectivity index (χ4v) is 12.9. The van der Waals surface area contributed by atoms with Crippen LogP contribution >= 0.6 is 0 Å². The largest absolute Gasteiger partial charge is 0.504 e. The molecule has 0 unspecified atom stereocenters. The van der Waals surface area contributed by atoms with Crippen LogP contribution in [-0.4, -0.2) is 47.1 Å². The molecule has 10 atom stereocenters. The lowest BCUT2D eigenvalue weighted by molar-refractivity contribution is -0.263. The van der Waals surface area contributed by atoms with Gasteiger partial charge in [-0.1, -0.05) is 45.9 Å². The molecule has 0 radical (unpaired) electrons. The molecule has 0 amide bonds. The molecule has 7 nitrogen and oxygen atoms in total. The minimum atomic E-state index is -0.543. The molecule has 6 rings (SSSR count). The summed E-state index contributed by atoms with van der Waals surface area (Å²) in [5.74, 6) is 0.297. The molecule has 0 heterocycles. The first kappa shape index (κ1) is 34.1. The second-order valence-electron chi connectivity index (χ2n) is 17.1. The smallest absolute Gasteiger partial charge is 0.330 e. The lowest BCUT2D eigenvalue weighted by Crippen LogP contribution is -2.69. The van der Waals surface area contributed by atoms with Crippen molar-refractivity contribution < 1.29 is 34.4 Å². The summed E-state index contributed by atoms with van der Waals surface area (Å²) in [5, 5.41) is 30.7. The van der Waals surface area contributed by atoms with Gasteiger partial charge in [0, 0.05) is 11.5 Å². The van der Waals surface area contributed by atoms with Crippen molar-refractivity contribution in [3.63, 3.8) is 0 Å². The molecule has 3 N–H and O–H groups in total. The van der Waals surface area contributed by atoms with Crippen molar-refractivity contribution >= 4 is 18.0 Å². The first-order chi connectivity index (χ1) is 22.1. The Balaban J connectivity index is 1.40. The molecule has 5 saturated carbocycles. The van der Waals surface area contributed by atoms with Crippen molar-refractivity contribution in [3.05, 3.63) is 42.0 Å². The maximum absolute atomic E-state index is 13.7. The SMILES string of the molecule is C=C(C)[C@@H]1CC[C@]2(C(=O)OC)CC[C@]3(COC(=O)C=Cc4ccc(O)c(O)c4)[C@H](CC[C@@H]4[C@@]5(C)CC[C@H](O)C(C)(C)[C@@H]5CC[C@]43C)[C@@H]12. The maximum atomic E-state index is 13.7. The van der Waals surface area contributed by atoms with Crippen LogP contribution in [0.5, 0.6) is 11.5 Å². The summed E-state index contributed by atoms with van der Waals surface area (Å²) < 4.78 is 11.9. The van der Waals surface area contributed by atoms with Gasteiger partial charge in [0.15, 0.2) is 11.5 Å². The Hall–Kier alpha value is -2.80. The summed E-state index contributed by atoms with van der Waals surface area (Å²) in [5.41, 5.74) is 0.599. The number of aliphatic hydroxyl groups is 1. The summed E-state index contributed by atoms with van der Waals surface area (Å²) >= 11 is 0. The molecule has 0 aromatic heterocycles. The number of aromatic hydroxyl groups is 2. The van der Waals surface area contributed by atoms with Gasteiger partial charge in [0.2, 0.25) is 0 Å². The third-order valence-corrected chi connectivity index (χ3v) is 15.2. The van der Waals surface area contributed by atoms with Crippen molar-refractivity contribution in [1.82, 2.24) is 0 Å². The van der Waals surface area contributed by atoms with E-state index in [-0.39, 0.29) is 69.6 Å². The van der Waals surface area contributed by atoms with Crippen LogP contribution in [0, 0.1) is 56.7 Å². The van der Waals surface area contributed by atoms with Crippen molar-refractivity contribution in [2.45, 2.75) is 105 Å². The van der Waals surface area contributed by atoms with Gasteiger partial charge in [0.05, 0.1) is 25.2 Å². The number of carbonyl (C=O) groups excluding carboxylic acids is 2. The van der Waals surface area contributed by atoms with Crippen molar-refractivity contribution in [2.75, 3.05) is 13.7 Å². The van der Waals surface area contributed by atoms with Crippen molar-refractivity contribution in [3.8, 4) is 11.5 Å². The zero-order chi connectivity index (χ0) is 34.2. The number of aliphatic hydroxyl groups excluding tert-OH is 1. The monoisotopic (exact) mass is 648 g/mol. The Bertz CT molecular complexity index is 1460. The minimum absolute atomic E-state index is 0.0544. The second-order valence-corrected chi connectivity index (χ2v) is 17.1. The van der Waals surface area contributed by atoms with Crippen molar-refractivity contribution in [1.29, 1.82) is 0 Å². The van der Waals surface area contributed by atoms with E-state index in [0.717, 1.165) is 69.8 Å². The standard InChI is InChI=1S/C40H56O7/c1-24(2)26-14-19-39(35(45)46-7)20-21-40(23-47-33(44)13-9-25-8-11-28(41)29(42)22-25)27(34(26)39)10-12-31-37(5)17-16-32(43)36(3,4)30(37)15-18-38(31,40)6/h8-9,11,13,22,26-27,30-32,34,41-43H,1,10,12,14-21,23H2,2-7H3/t26-,27+,30-,31+,32-,34+,37-,38+,39-,40-/m0/s1. The van der Waals surface area contributed by atoms with Gasteiger partial charge in [-0.25, -0.2) is 4.79 Å². The molecule has 7 heteroatoms. The summed E-state index contributed by atoms with van der Waals surface area (Å²) in [6, 6.07) is 4.44. The number of fused-ring (bicyclic) bond motifs is 7. The van der Waals surface area contributed by atoms with Gasteiger partial charge in [0.1, 0.15) is 0 Å². The molecular weight excluding hydrogens is 592 g/mol. The van der Waals surface area contributed by atoms with E-state index in [2.05, 4.69) is 41.2 Å². The Morgan fingerprint density at radius 2 is 1.68 bits per heavy atom. The highest BCUT2D eigenvalue weighted by molar-refractivity contribution is 5.87. The van der Waals surface area contributed by atoms with Gasteiger partial charge in [0.25, 0.3) is 0 Å². The van der Waals surface area contributed by atoms with Crippen LogP contribution in [0.3, 0.4) is 0 Å². The van der Waals surface area contributed by atoms with Crippen LogP contribution in [0.1, 0.15) is 104 Å². The molecule has 5 aliphatic carbocycles. The van der Waals surface area contributed by atoms with Gasteiger partial charge in [-0.2, -0.15) is 0 Å². The van der Waals surface area contributed by atoms with Crippen LogP contribution in [0.15, 0.2) is 36.4 Å². The molecule has 258 valence electrons.